The van der Waals surface area contributed by atoms with Gasteiger partial charge in [-0.25, -0.2) is 0 Å². The number of ether oxygens (including phenoxy) is 3. The molecule has 3 aromatic rings. The van der Waals surface area contributed by atoms with E-state index in [1.807, 2.05) is 55.5 Å². The number of halogens is 1. The lowest BCUT2D eigenvalue weighted by Gasteiger charge is -2.15. The molecule has 0 aliphatic carbocycles. The van der Waals surface area contributed by atoms with E-state index < -0.39 is 0 Å². The molecule has 4 rings (SSSR count). The highest BCUT2D eigenvalue weighted by molar-refractivity contribution is 8.26. The highest BCUT2D eigenvalue weighted by atomic mass is 35.5. The Hall–Kier alpha value is -3.00. The number of hydrogen-bond acceptors (Lipinski definition) is 6. The number of thiocarbonyl (C=S) groups is 1. The number of carbonyl (C=O) groups is 1. The van der Waals surface area contributed by atoms with Crippen molar-refractivity contribution in [2.75, 3.05) is 19.8 Å². The third-order valence-corrected chi connectivity index (χ3v) is 7.48. The molecule has 3 aromatic carbocycles. The monoisotopic (exact) mass is 567 g/mol. The molecule has 0 bridgehead atoms. The van der Waals surface area contributed by atoms with Crippen molar-refractivity contribution in [3.8, 4) is 17.2 Å². The normalized spacial score (nSPS) is 14.3. The van der Waals surface area contributed by atoms with Gasteiger partial charge in [-0.3, -0.25) is 9.69 Å². The summed E-state index contributed by atoms with van der Waals surface area (Å²) < 4.78 is 18.1. The van der Waals surface area contributed by atoms with Crippen LogP contribution >= 0.6 is 35.6 Å². The number of thioether (sulfide) groups is 1. The van der Waals surface area contributed by atoms with Crippen LogP contribution in [0.3, 0.4) is 0 Å². The van der Waals surface area contributed by atoms with Gasteiger partial charge in [-0.05, 0) is 60.4 Å². The van der Waals surface area contributed by atoms with Crippen LogP contribution in [-0.2, 0) is 17.8 Å². The van der Waals surface area contributed by atoms with Gasteiger partial charge in [0.2, 0.25) is 0 Å². The van der Waals surface area contributed by atoms with E-state index in [4.69, 9.17) is 38.0 Å². The average Bonchev–Trinajstić information content (AvgIpc) is 3.18. The minimum Gasteiger partial charge on any atom is -0.493 e. The van der Waals surface area contributed by atoms with Gasteiger partial charge in [0.15, 0.2) is 11.5 Å². The van der Waals surface area contributed by atoms with Gasteiger partial charge in [-0.2, -0.15) is 0 Å². The van der Waals surface area contributed by atoms with Gasteiger partial charge in [-0.15, -0.1) is 0 Å². The maximum atomic E-state index is 13.1. The van der Waals surface area contributed by atoms with Gasteiger partial charge in [0.1, 0.15) is 10.1 Å². The SMILES string of the molecule is CCOc1cc(/C=C2/SC(=S)N(Cc3ccccc3)C2=O)cc(Cl)c1OCCCOc1ccc(CC)cc1. The third kappa shape index (κ3) is 7.31. The Balaban J connectivity index is 1.39. The van der Waals surface area contributed by atoms with Gasteiger partial charge in [0, 0.05) is 6.42 Å². The lowest BCUT2D eigenvalue weighted by molar-refractivity contribution is -0.122. The van der Waals surface area contributed by atoms with Gasteiger partial charge < -0.3 is 14.2 Å². The molecule has 1 aliphatic rings. The molecule has 1 saturated heterocycles. The van der Waals surface area contributed by atoms with Crippen molar-refractivity contribution < 1.29 is 19.0 Å². The van der Waals surface area contributed by atoms with E-state index in [0.717, 1.165) is 23.3 Å². The topological polar surface area (TPSA) is 48.0 Å². The first kappa shape index (κ1) is 28.0. The largest absolute Gasteiger partial charge is 0.493 e. The smallest absolute Gasteiger partial charge is 0.266 e. The molecule has 0 saturated carbocycles. The molecule has 0 radical (unpaired) electrons. The summed E-state index contributed by atoms with van der Waals surface area (Å²) in [5.74, 6) is 1.73. The van der Waals surface area contributed by atoms with E-state index in [2.05, 4.69) is 19.1 Å². The summed E-state index contributed by atoms with van der Waals surface area (Å²) in [4.78, 5) is 15.2. The molecule has 1 fully saturated rings. The first-order chi connectivity index (χ1) is 18.5. The number of hydrogen-bond donors (Lipinski definition) is 0. The highest BCUT2D eigenvalue weighted by Gasteiger charge is 2.32. The minimum absolute atomic E-state index is 0.123. The Kier molecular flexibility index (Phi) is 10.1. The second-order valence-corrected chi connectivity index (χ2v) is 10.6. The standard InChI is InChI=1S/C30H30ClNO4S2/c1-3-21-11-13-24(14-12-21)35-15-8-16-36-28-25(31)17-23(18-26(28)34-4-2)19-27-29(33)32(30(37)38-27)20-22-9-6-5-7-10-22/h5-7,9-14,17-19H,3-4,8,15-16,20H2,1-2H3/b27-19+. The maximum absolute atomic E-state index is 13.1. The predicted molar refractivity (Wildman–Crippen MR) is 159 cm³/mol. The number of amides is 1. The van der Waals surface area contributed by atoms with E-state index in [-0.39, 0.29) is 5.91 Å². The first-order valence-corrected chi connectivity index (χ1v) is 14.2. The summed E-state index contributed by atoms with van der Waals surface area (Å²) in [6.07, 6.45) is 3.48. The summed E-state index contributed by atoms with van der Waals surface area (Å²) in [6, 6.07) is 21.5. The molecule has 0 atom stereocenters. The molecule has 38 heavy (non-hydrogen) atoms. The molecule has 8 heteroatoms. The zero-order valence-corrected chi connectivity index (χ0v) is 23.8. The lowest BCUT2D eigenvalue weighted by Crippen LogP contribution is -2.27. The molecule has 0 unspecified atom stereocenters. The van der Waals surface area contributed by atoms with Gasteiger partial charge >= 0.3 is 0 Å². The van der Waals surface area contributed by atoms with Crippen molar-refractivity contribution in [1.29, 1.82) is 0 Å². The average molecular weight is 568 g/mol. The third-order valence-electron chi connectivity index (χ3n) is 5.82. The van der Waals surface area contributed by atoms with E-state index in [0.29, 0.717) is 58.5 Å². The number of aryl methyl sites for hydroxylation is 1. The van der Waals surface area contributed by atoms with Crippen LogP contribution in [0, 0.1) is 0 Å². The van der Waals surface area contributed by atoms with Crippen LogP contribution < -0.4 is 14.2 Å². The highest BCUT2D eigenvalue weighted by Crippen LogP contribution is 2.39. The quantitative estimate of drug-likeness (QED) is 0.128. The second-order valence-electron chi connectivity index (χ2n) is 8.56. The van der Waals surface area contributed by atoms with E-state index in [1.54, 1.807) is 17.0 Å². The van der Waals surface area contributed by atoms with Crippen LogP contribution in [0.2, 0.25) is 5.02 Å². The molecule has 0 N–H and O–H groups in total. The molecule has 0 aromatic heterocycles. The van der Waals surface area contributed by atoms with Gasteiger partial charge in [0.25, 0.3) is 5.91 Å². The second kappa shape index (κ2) is 13.7. The maximum Gasteiger partial charge on any atom is 0.266 e. The number of nitrogens with zero attached hydrogens (tertiary/aromatic N) is 1. The van der Waals surface area contributed by atoms with Gasteiger partial charge in [0.05, 0.1) is 36.3 Å². The van der Waals surface area contributed by atoms with Gasteiger partial charge in [-0.1, -0.05) is 85.0 Å². The summed E-state index contributed by atoms with van der Waals surface area (Å²) in [5.41, 5.74) is 3.04. The van der Waals surface area contributed by atoms with Crippen molar-refractivity contribution in [1.82, 2.24) is 4.90 Å². The van der Waals surface area contributed by atoms with E-state index in [9.17, 15) is 4.79 Å². The fraction of sp³-hybridized carbons (Fsp3) is 0.267. The predicted octanol–water partition coefficient (Wildman–Crippen LogP) is 7.55. The molecular formula is C30H30ClNO4S2. The van der Waals surface area contributed by atoms with Crippen LogP contribution in [-0.4, -0.2) is 34.9 Å². The van der Waals surface area contributed by atoms with Crippen molar-refractivity contribution in [2.45, 2.75) is 33.2 Å². The van der Waals surface area contributed by atoms with Crippen molar-refractivity contribution in [2.24, 2.45) is 0 Å². The number of rotatable bonds is 12. The van der Waals surface area contributed by atoms with Crippen LogP contribution in [0.5, 0.6) is 17.2 Å². The Labute approximate surface area is 238 Å². The molecule has 198 valence electrons. The Morgan fingerprint density at radius 1 is 0.947 bits per heavy atom. The lowest BCUT2D eigenvalue weighted by atomic mass is 10.1. The number of carbonyl (C=O) groups excluding carboxylic acids is 1. The summed E-state index contributed by atoms with van der Waals surface area (Å²) in [5, 5.41) is 0.415. The van der Waals surface area contributed by atoms with Crippen LogP contribution in [0.25, 0.3) is 6.08 Å². The summed E-state index contributed by atoms with van der Waals surface area (Å²) >= 11 is 13.4. The van der Waals surface area contributed by atoms with E-state index in [1.165, 1.54) is 17.3 Å². The van der Waals surface area contributed by atoms with Crippen molar-refractivity contribution in [3.63, 3.8) is 0 Å². The van der Waals surface area contributed by atoms with Crippen molar-refractivity contribution in [3.05, 3.63) is 93.3 Å². The van der Waals surface area contributed by atoms with E-state index >= 15 is 0 Å². The molecule has 1 aliphatic heterocycles. The molecule has 5 nitrogen and oxygen atoms in total. The Morgan fingerprint density at radius 3 is 2.39 bits per heavy atom. The molecule has 1 amide bonds. The fourth-order valence-electron chi connectivity index (χ4n) is 3.87. The zero-order chi connectivity index (χ0) is 26.9. The number of benzene rings is 3. The Morgan fingerprint density at radius 2 is 1.68 bits per heavy atom. The minimum atomic E-state index is -0.123. The summed E-state index contributed by atoms with van der Waals surface area (Å²) in [7, 11) is 0. The molecular weight excluding hydrogens is 538 g/mol. The summed E-state index contributed by atoms with van der Waals surface area (Å²) in [6.45, 7) is 5.86. The van der Waals surface area contributed by atoms with Crippen LogP contribution in [0.4, 0.5) is 0 Å². The molecule has 0 spiro atoms. The van der Waals surface area contributed by atoms with Crippen LogP contribution in [0.15, 0.2) is 71.6 Å². The zero-order valence-electron chi connectivity index (χ0n) is 21.4. The Bertz CT molecular complexity index is 1300. The molecule has 1 heterocycles. The van der Waals surface area contributed by atoms with Crippen molar-refractivity contribution >= 4 is 51.9 Å². The fourth-order valence-corrected chi connectivity index (χ4v) is 5.40. The first-order valence-electron chi connectivity index (χ1n) is 12.6. The van der Waals surface area contributed by atoms with Crippen LogP contribution in [0.1, 0.15) is 37.0 Å².